The molecule has 0 saturated heterocycles. The number of hydrogen-bond acceptors (Lipinski definition) is 5. The Morgan fingerprint density at radius 2 is 1.82 bits per heavy atom. The number of fused-ring (bicyclic) bond motifs is 1. The van der Waals surface area contributed by atoms with Gasteiger partial charge in [0.1, 0.15) is 24.5 Å². The SMILES string of the molecule is O=C(NCC(O)C(O)c1ccc2cc(C(=O)O)[nH]c2c1)OCc1ccccc1. The first-order valence-electron chi connectivity index (χ1n) is 8.60. The first-order chi connectivity index (χ1) is 13.4. The normalized spacial score (nSPS) is 13.1. The molecule has 1 amide bonds. The average molecular weight is 384 g/mol. The van der Waals surface area contributed by atoms with E-state index in [1.165, 1.54) is 6.07 Å². The lowest BCUT2D eigenvalue weighted by Gasteiger charge is -2.18. The van der Waals surface area contributed by atoms with Gasteiger partial charge in [0, 0.05) is 17.4 Å². The molecule has 0 aliphatic carbocycles. The van der Waals surface area contributed by atoms with Crippen LogP contribution >= 0.6 is 0 Å². The van der Waals surface area contributed by atoms with Crippen molar-refractivity contribution in [3.8, 4) is 0 Å². The molecular weight excluding hydrogens is 364 g/mol. The van der Waals surface area contributed by atoms with Gasteiger partial charge in [0.15, 0.2) is 0 Å². The number of aliphatic hydroxyl groups excluding tert-OH is 2. The summed E-state index contributed by atoms with van der Waals surface area (Å²) in [4.78, 5) is 25.5. The van der Waals surface area contributed by atoms with Gasteiger partial charge in [0.25, 0.3) is 0 Å². The van der Waals surface area contributed by atoms with Crippen molar-refractivity contribution in [2.75, 3.05) is 6.54 Å². The molecule has 0 bridgehead atoms. The van der Waals surface area contributed by atoms with Gasteiger partial charge in [-0.2, -0.15) is 0 Å². The minimum absolute atomic E-state index is 0.0324. The van der Waals surface area contributed by atoms with E-state index < -0.39 is 24.3 Å². The molecule has 0 fully saturated rings. The van der Waals surface area contributed by atoms with Crippen molar-refractivity contribution in [2.45, 2.75) is 18.8 Å². The van der Waals surface area contributed by atoms with E-state index in [1.807, 2.05) is 30.3 Å². The second kappa shape index (κ2) is 8.55. The molecule has 1 aromatic heterocycles. The topological polar surface area (TPSA) is 132 Å². The Labute approximate surface area is 160 Å². The van der Waals surface area contributed by atoms with Crippen LogP contribution < -0.4 is 5.32 Å². The first-order valence-corrected chi connectivity index (χ1v) is 8.60. The number of ether oxygens (including phenoxy) is 1. The predicted molar refractivity (Wildman–Crippen MR) is 101 cm³/mol. The van der Waals surface area contributed by atoms with Crippen molar-refractivity contribution < 1.29 is 29.6 Å². The Kier molecular flexibility index (Phi) is 5.93. The highest BCUT2D eigenvalue weighted by Crippen LogP contribution is 2.23. The first kappa shape index (κ1) is 19.4. The van der Waals surface area contributed by atoms with Gasteiger partial charge in [-0.1, -0.05) is 42.5 Å². The van der Waals surface area contributed by atoms with Crippen LogP contribution in [0.5, 0.6) is 0 Å². The van der Waals surface area contributed by atoms with E-state index in [4.69, 9.17) is 9.84 Å². The molecule has 0 radical (unpaired) electrons. The van der Waals surface area contributed by atoms with Crippen LogP contribution in [0.3, 0.4) is 0 Å². The molecule has 146 valence electrons. The molecule has 8 heteroatoms. The second-order valence-electron chi connectivity index (χ2n) is 6.29. The molecule has 0 aliphatic heterocycles. The summed E-state index contributed by atoms with van der Waals surface area (Å²) < 4.78 is 5.04. The van der Waals surface area contributed by atoms with E-state index in [0.717, 1.165) is 5.56 Å². The van der Waals surface area contributed by atoms with Gasteiger partial charge < -0.3 is 30.4 Å². The van der Waals surface area contributed by atoms with Gasteiger partial charge in [0.2, 0.25) is 0 Å². The molecule has 2 aromatic carbocycles. The number of H-pyrrole nitrogens is 1. The smallest absolute Gasteiger partial charge is 0.407 e. The van der Waals surface area contributed by atoms with Crippen molar-refractivity contribution in [3.63, 3.8) is 0 Å². The van der Waals surface area contributed by atoms with Crippen molar-refractivity contribution in [1.29, 1.82) is 0 Å². The number of alkyl carbamates (subject to hydrolysis) is 1. The minimum Gasteiger partial charge on any atom is -0.477 e. The molecule has 0 aliphatic rings. The highest BCUT2D eigenvalue weighted by atomic mass is 16.5. The number of hydrogen-bond donors (Lipinski definition) is 5. The van der Waals surface area contributed by atoms with Crippen molar-refractivity contribution in [2.24, 2.45) is 0 Å². The number of carbonyl (C=O) groups is 2. The molecular formula is C20H20N2O6. The fraction of sp³-hybridized carbons (Fsp3) is 0.200. The van der Waals surface area contributed by atoms with E-state index in [9.17, 15) is 19.8 Å². The molecule has 0 spiro atoms. The van der Waals surface area contributed by atoms with Crippen LogP contribution in [-0.2, 0) is 11.3 Å². The Morgan fingerprint density at radius 3 is 2.54 bits per heavy atom. The summed E-state index contributed by atoms with van der Waals surface area (Å²) in [5, 5.41) is 32.6. The molecule has 0 saturated carbocycles. The lowest BCUT2D eigenvalue weighted by Crippen LogP contribution is -2.35. The summed E-state index contributed by atoms with van der Waals surface area (Å²) in [6.45, 7) is -0.112. The predicted octanol–water partition coefficient (Wildman–Crippen LogP) is 2.19. The van der Waals surface area contributed by atoms with Crippen LogP contribution in [0.25, 0.3) is 10.9 Å². The fourth-order valence-corrected chi connectivity index (χ4v) is 2.74. The largest absolute Gasteiger partial charge is 0.477 e. The second-order valence-corrected chi connectivity index (χ2v) is 6.29. The van der Waals surface area contributed by atoms with Crippen LogP contribution in [0.1, 0.15) is 27.7 Å². The van der Waals surface area contributed by atoms with Gasteiger partial charge >= 0.3 is 12.1 Å². The summed E-state index contributed by atoms with van der Waals surface area (Å²) in [6, 6.07) is 15.4. The summed E-state index contributed by atoms with van der Waals surface area (Å²) >= 11 is 0. The van der Waals surface area contributed by atoms with Gasteiger partial charge in [-0.15, -0.1) is 0 Å². The monoisotopic (exact) mass is 384 g/mol. The maximum absolute atomic E-state index is 11.7. The number of carboxylic acids is 1. The quantitative estimate of drug-likeness (QED) is 0.424. The number of amides is 1. The average Bonchev–Trinajstić information content (AvgIpc) is 3.14. The van der Waals surface area contributed by atoms with E-state index >= 15 is 0 Å². The lowest BCUT2D eigenvalue weighted by molar-refractivity contribution is 0.0185. The Bertz CT molecular complexity index is 969. The molecule has 8 nitrogen and oxygen atoms in total. The number of aromatic carboxylic acids is 1. The fourth-order valence-electron chi connectivity index (χ4n) is 2.74. The summed E-state index contributed by atoms with van der Waals surface area (Å²) in [5.74, 6) is -1.09. The highest BCUT2D eigenvalue weighted by molar-refractivity contribution is 5.93. The van der Waals surface area contributed by atoms with E-state index in [0.29, 0.717) is 16.5 Å². The van der Waals surface area contributed by atoms with Gasteiger partial charge in [-0.25, -0.2) is 9.59 Å². The molecule has 3 rings (SSSR count). The standard InChI is InChI=1S/C20H20N2O6/c23-17(10-21-20(27)28-11-12-4-2-1-3-5-12)18(24)14-7-6-13-8-16(19(25)26)22-15(13)9-14/h1-9,17-18,22-24H,10-11H2,(H,21,27)(H,25,26). The van der Waals surface area contributed by atoms with E-state index in [-0.39, 0.29) is 18.8 Å². The van der Waals surface area contributed by atoms with Crippen molar-refractivity contribution in [3.05, 3.63) is 71.4 Å². The number of rotatable bonds is 7. The molecule has 5 N–H and O–H groups in total. The van der Waals surface area contributed by atoms with Crippen molar-refractivity contribution >= 4 is 23.0 Å². The lowest BCUT2D eigenvalue weighted by atomic mass is 10.0. The molecule has 28 heavy (non-hydrogen) atoms. The molecule has 1 heterocycles. The third-order valence-corrected chi connectivity index (χ3v) is 4.25. The van der Waals surface area contributed by atoms with E-state index in [2.05, 4.69) is 10.3 Å². The third-order valence-electron chi connectivity index (χ3n) is 4.25. The van der Waals surface area contributed by atoms with Crippen LogP contribution in [0.15, 0.2) is 54.6 Å². The highest BCUT2D eigenvalue weighted by Gasteiger charge is 2.20. The third kappa shape index (κ3) is 4.67. The van der Waals surface area contributed by atoms with Crippen LogP contribution in [0, 0.1) is 0 Å². The zero-order valence-corrected chi connectivity index (χ0v) is 14.8. The number of carbonyl (C=O) groups excluding carboxylic acids is 1. The van der Waals surface area contributed by atoms with Crippen molar-refractivity contribution in [1.82, 2.24) is 10.3 Å². The van der Waals surface area contributed by atoms with Gasteiger partial charge in [-0.3, -0.25) is 0 Å². The van der Waals surface area contributed by atoms with Gasteiger partial charge in [0.05, 0.1) is 0 Å². The number of benzene rings is 2. The number of aromatic nitrogens is 1. The number of aliphatic hydroxyl groups is 2. The van der Waals surface area contributed by atoms with E-state index in [1.54, 1.807) is 18.2 Å². The maximum Gasteiger partial charge on any atom is 0.407 e. The zero-order chi connectivity index (χ0) is 20.1. The molecule has 2 atom stereocenters. The Hall–Kier alpha value is -3.36. The minimum atomic E-state index is -1.27. The van der Waals surface area contributed by atoms with Crippen LogP contribution in [0.2, 0.25) is 0 Å². The molecule has 2 unspecified atom stereocenters. The summed E-state index contributed by atoms with van der Waals surface area (Å²) in [6.07, 6.45) is -3.24. The van der Waals surface area contributed by atoms with Crippen LogP contribution in [0.4, 0.5) is 4.79 Å². The maximum atomic E-state index is 11.7. The Balaban J connectivity index is 1.55. The Morgan fingerprint density at radius 1 is 1.07 bits per heavy atom. The zero-order valence-electron chi connectivity index (χ0n) is 14.8. The summed E-state index contributed by atoms with van der Waals surface area (Å²) in [5.41, 5.74) is 1.78. The molecule has 3 aromatic rings. The van der Waals surface area contributed by atoms with Crippen LogP contribution in [-0.4, -0.2) is 45.0 Å². The number of nitrogens with one attached hydrogen (secondary N) is 2. The summed E-state index contributed by atoms with van der Waals surface area (Å²) in [7, 11) is 0. The number of carboxylic acid groups (broad SMARTS) is 1. The number of aromatic amines is 1. The van der Waals surface area contributed by atoms with Gasteiger partial charge in [-0.05, 0) is 23.3 Å².